The van der Waals surface area contributed by atoms with Crippen LogP contribution in [0.15, 0.2) is 12.4 Å². The first kappa shape index (κ1) is 12.8. The zero-order valence-corrected chi connectivity index (χ0v) is 10.5. The average Bonchev–Trinajstić information content (AvgIpc) is 2.28. The van der Waals surface area contributed by atoms with E-state index in [2.05, 4.69) is 9.97 Å². The Morgan fingerprint density at radius 2 is 2.06 bits per heavy atom. The van der Waals surface area contributed by atoms with E-state index in [1.165, 1.54) is 6.20 Å². The number of thiocarbonyl (C=S) groups is 1. The molecule has 1 aromatic heterocycles. The fourth-order valence-corrected chi connectivity index (χ4v) is 1.29. The summed E-state index contributed by atoms with van der Waals surface area (Å²) in [6.45, 7) is 3.78. The third-order valence-corrected chi connectivity index (χ3v) is 2.72. The van der Waals surface area contributed by atoms with Gasteiger partial charge in [-0.25, -0.2) is 9.97 Å². The van der Waals surface area contributed by atoms with Gasteiger partial charge >= 0.3 is 0 Å². The molecule has 1 rings (SSSR count). The normalized spacial score (nSPS) is 11.2. The Morgan fingerprint density at radius 3 is 2.56 bits per heavy atom. The Hall–Kier alpha value is -1.27. The van der Waals surface area contributed by atoms with Crippen LogP contribution in [0.25, 0.3) is 0 Å². The topological polar surface area (TPSA) is 75.3 Å². The third kappa shape index (κ3) is 2.45. The van der Waals surface area contributed by atoms with E-state index in [-0.39, 0.29) is 11.6 Å². The van der Waals surface area contributed by atoms with Crippen molar-refractivity contribution in [3.63, 3.8) is 0 Å². The van der Waals surface area contributed by atoms with E-state index in [0.29, 0.717) is 11.5 Å². The minimum atomic E-state index is -0.449. The molecule has 0 aromatic carbocycles. The molecule has 0 spiro atoms. The van der Waals surface area contributed by atoms with Crippen molar-refractivity contribution in [3.05, 3.63) is 18.1 Å². The highest BCUT2D eigenvalue weighted by Gasteiger charge is 2.26. The van der Waals surface area contributed by atoms with Crippen LogP contribution in [0.1, 0.15) is 19.5 Å². The fraction of sp³-hybridized carbons (Fsp3) is 0.500. The van der Waals surface area contributed by atoms with Crippen molar-refractivity contribution < 1.29 is 5.11 Å². The van der Waals surface area contributed by atoms with Crippen molar-refractivity contribution in [2.24, 2.45) is 5.73 Å². The molecule has 0 bridgehead atoms. The second-order valence-electron chi connectivity index (χ2n) is 4.12. The molecular weight excluding hydrogens is 224 g/mol. The number of aliphatic hydroxyl groups excluding tert-OH is 1. The number of anilines is 1. The van der Waals surface area contributed by atoms with Gasteiger partial charge in [0.2, 0.25) is 0 Å². The Bertz CT molecular complexity index is 394. The van der Waals surface area contributed by atoms with Crippen molar-refractivity contribution in [2.45, 2.75) is 19.4 Å². The second kappa shape index (κ2) is 4.71. The highest BCUT2D eigenvalue weighted by molar-refractivity contribution is 7.80. The average molecular weight is 240 g/mol. The number of nitrogens with two attached hydrogens (primary N) is 1. The molecule has 0 atom stereocenters. The lowest BCUT2D eigenvalue weighted by Crippen LogP contribution is -2.45. The predicted molar refractivity (Wildman–Crippen MR) is 67.5 cm³/mol. The van der Waals surface area contributed by atoms with E-state index in [1.54, 1.807) is 6.20 Å². The molecule has 1 heterocycles. The van der Waals surface area contributed by atoms with Gasteiger partial charge in [-0.15, -0.1) is 0 Å². The van der Waals surface area contributed by atoms with Crippen molar-refractivity contribution in [3.8, 4) is 0 Å². The molecular formula is C10H16N4OS. The van der Waals surface area contributed by atoms with E-state index in [0.717, 1.165) is 0 Å². The van der Waals surface area contributed by atoms with Crippen LogP contribution in [0.5, 0.6) is 0 Å². The van der Waals surface area contributed by atoms with E-state index in [9.17, 15) is 5.11 Å². The standard InChI is InChI=1S/C10H16N4OS/c1-10(2,6-15)14(3)9-7(8(11)16)12-4-5-13-9/h4-5,15H,6H2,1-3H3,(H2,11,16). The first-order valence-corrected chi connectivity index (χ1v) is 5.26. The molecule has 0 aliphatic carbocycles. The lowest BCUT2D eigenvalue weighted by Gasteiger charge is -2.35. The summed E-state index contributed by atoms with van der Waals surface area (Å²) in [6.07, 6.45) is 3.11. The molecule has 5 nitrogen and oxygen atoms in total. The number of hydrogen-bond donors (Lipinski definition) is 2. The van der Waals surface area contributed by atoms with Crippen LogP contribution in [-0.2, 0) is 0 Å². The van der Waals surface area contributed by atoms with E-state index < -0.39 is 5.54 Å². The first-order valence-electron chi connectivity index (χ1n) is 4.85. The van der Waals surface area contributed by atoms with Gasteiger partial charge in [-0.3, -0.25) is 0 Å². The lowest BCUT2D eigenvalue weighted by atomic mass is 10.1. The van der Waals surface area contributed by atoms with Crippen LogP contribution in [0.2, 0.25) is 0 Å². The molecule has 16 heavy (non-hydrogen) atoms. The van der Waals surface area contributed by atoms with Gasteiger partial charge < -0.3 is 15.7 Å². The van der Waals surface area contributed by atoms with Crippen LogP contribution in [-0.4, -0.2) is 39.3 Å². The number of aliphatic hydroxyl groups is 1. The quantitative estimate of drug-likeness (QED) is 0.738. The van der Waals surface area contributed by atoms with Crippen molar-refractivity contribution >= 4 is 23.0 Å². The minimum Gasteiger partial charge on any atom is -0.394 e. The highest BCUT2D eigenvalue weighted by atomic mass is 32.1. The van der Waals surface area contributed by atoms with Gasteiger partial charge in [0, 0.05) is 19.4 Å². The van der Waals surface area contributed by atoms with Gasteiger partial charge in [0.05, 0.1) is 12.1 Å². The van der Waals surface area contributed by atoms with Crippen molar-refractivity contribution in [1.82, 2.24) is 9.97 Å². The summed E-state index contributed by atoms with van der Waals surface area (Å²) in [5.74, 6) is 0.578. The SMILES string of the molecule is CN(c1nccnc1C(N)=S)C(C)(C)CO. The molecule has 0 aliphatic heterocycles. The lowest BCUT2D eigenvalue weighted by molar-refractivity contribution is 0.215. The third-order valence-electron chi connectivity index (χ3n) is 2.52. The molecule has 0 amide bonds. The summed E-state index contributed by atoms with van der Waals surface area (Å²) in [4.78, 5) is 10.3. The molecule has 0 saturated heterocycles. The number of aromatic nitrogens is 2. The Morgan fingerprint density at radius 1 is 1.50 bits per heavy atom. The van der Waals surface area contributed by atoms with Crippen molar-refractivity contribution in [2.75, 3.05) is 18.6 Å². The van der Waals surface area contributed by atoms with Gasteiger partial charge in [0.25, 0.3) is 0 Å². The molecule has 0 unspecified atom stereocenters. The smallest absolute Gasteiger partial charge is 0.157 e. The van der Waals surface area contributed by atoms with Crippen LogP contribution in [0.3, 0.4) is 0 Å². The zero-order valence-electron chi connectivity index (χ0n) is 9.64. The maximum atomic E-state index is 9.30. The monoisotopic (exact) mass is 240 g/mol. The summed E-state index contributed by atoms with van der Waals surface area (Å²) in [6, 6.07) is 0. The number of hydrogen-bond acceptors (Lipinski definition) is 5. The van der Waals surface area contributed by atoms with Gasteiger partial charge in [-0.2, -0.15) is 0 Å². The summed E-state index contributed by atoms with van der Waals surface area (Å²) >= 11 is 4.91. The molecule has 1 aromatic rings. The summed E-state index contributed by atoms with van der Waals surface area (Å²) < 4.78 is 0. The van der Waals surface area contributed by atoms with E-state index >= 15 is 0 Å². The largest absolute Gasteiger partial charge is 0.394 e. The van der Waals surface area contributed by atoms with Crippen LogP contribution in [0.4, 0.5) is 5.82 Å². The maximum Gasteiger partial charge on any atom is 0.157 e. The van der Waals surface area contributed by atoms with Crippen LogP contribution < -0.4 is 10.6 Å². The summed E-state index contributed by atoms with van der Waals surface area (Å²) in [5, 5.41) is 9.30. The van der Waals surface area contributed by atoms with Gasteiger partial charge in [0.15, 0.2) is 5.82 Å². The molecule has 0 saturated carbocycles. The van der Waals surface area contributed by atoms with Crippen molar-refractivity contribution in [1.29, 1.82) is 0 Å². The van der Waals surface area contributed by atoms with Gasteiger partial charge in [0.1, 0.15) is 10.7 Å². The van der Waals surface area contributed by atoms with Gasteiger partial charge in [-0.05, 0) is 13.8 Å². The molecule has 6 heteroatoms. The van der Waals surface area contributed by atoms with Crippen LogP contribution in [0, 0.1) is 0 Å². The fourth-order valence-electron chi connectivity index (χ4n) is 1.14. The number of rotatable bonds is 4. The maximum absolute atomic E-state index is 9.30. The Labute approximate surface area is 100 Å². The molecule has 0 radical (unpaired) electrons. The van der Waals surface area contributed by atoms with Gasteiger partial charge in [-0.1, -0.05) is 12.2 Å². The number of nitrogens with zero attached hydrogens (tertiary/aromatic N) is 3. The highest BCUT2D eigenvalue weighted by Crippen LogP contribution is 2.21. The predicted octanol–water partition coefficient (Wildman–Crippen LogP) is 0.318. The molecule has 3 N–H and O–H groups in total. The second-order valence-corrected chi connectivity index (χ2v) is 4.56. The molecule has 88 valence electrons. The first-order chi connectivity index (χ1) is 7.40. The van der Waals surface area contributed by atoms with Crippen LogP contribution >= 0.6 is 12.2 Å². The minimum absolute atomic E-state index is 0.00313. The molecule has 0 aliphatic rings. The summed E-state index contributed by atoms with van der Waals surface area (Å²) in [5.41, 5.74) is 5.60. The Balaban J connectivity index is 3.18. The summed E-state index contributed by atoms with van der Waals surface area (Å²) in [7, 11) is 1.82. The zero-order chi connectivity index (χ0) is 12.3. The molecule has 0 fully saturated rings. The Kier molecular flexibility index (Phi) is 3.77. The number of likely N-dealkylation sites (N-methyl/N-ethyl adjacent to an activating group) is 1. The van der Waals surface area contributed by atoms with E-state index in [4.69, 9.17) is 18.0 Å². The van der Waals surface area contributed by atoms with E-state index in [1.807, 2.05) is 25.8 Å².